The summed E-state index contributed by atoms with van der Waals surface area (Å²) in [7, 11) is 0. The maximum absolute atomic E-state index is 12.1. The number of aromatic nitrogens is 2. The Bertz CT molecular complexity index is 680. The van der Waals surface area contributed by atoms with E-state index in [1.54, 1.807) is 0 Å². The number of hydrogen-bond donors (Lipinski definition) is 2. The Morgan fingerprint density at radius 1 is 1.29 bits per heavy atom. The van der Waals surface area contributed by atoms with Gasteiger partial charge in [0.15, 0.2) is 5.79 Å². The van der Waals surface area contributed by atoms with Crippen LogP contribution in [-0.4, -0.2) is 40.5 Å². The molecule has 3 heterocycles. The van der Waals surface area contributed by atoms with Gasteiger partial charge in [0.1, 0.15) is 5.65 Å². The lowest BCUT2D eigenvalue weighted by Crippen LogP contribution is -2.47. The molecule has 2 N–H and O–H groups in total. The molecule has 0 aromatic carbocycles. The average Bonchev–Trinajstić information content (AvgIpc) is 3.22. The highest BCUT2D eigenvalue weighted by Gasteiger charge is 2.40. The Labute approximate surface area is 140 Å². The van der Waals surface area contributed by atoms with Gasteiger partial charge in [0.2, 0.25) is 0 Å². The molecule has 0 radical (unpaired) electrons. The molecular formula is C17H22N4O3. The third-order valence-electron chi connectivity index (χ3n) is 4.74. The van der Waals surface area contributed by atoms with Crippen molar-refractivity contribution in [3.63, 3.8) is 0 Å². The third kappa shape index (κ3) is 3.22. The molecule has 1 spiro atoms. The maximum Gasteiger partial charge on any atom is 0.315 e. The van der Waals surface area contributed by atoms with Gasteiger partial charge in [0, 0.05) is 31.3 Å². The molecule has 24 heavy (non-hydrogen) atoms. The van der Waals surface area contributed by atoms with Crippen LogP contribution in [0.15, 0.2) is 30.6 Å². The van der Waals surface area contributed by atoms with Crippen LogP contribution in [0.2, 0.25) is 0 Å². The minimum absolute atomic E-state index is 0.152. The molecule has 2 fully saturated rings. The number of urea groups is 1. The fourth-order valence-electron chi connectivity index (χ4n) is 3.47. The van der Waals surface area contributed by atoms with Gasteiger partial charge in [-0.3, -0.25) is 0 Å². The number of hydrogen-bond acceptors (Lipinski definition) is 4. The van der Waals surface area contributed by atoms with Crippen molar-refractivity contribution in [2.45, 2.75) is 44.1 Å². The molecule has 2 aliphatic rings. The van der Waals surface area contributed by atoms with Crippen molar-refractivity contribution in [1.82, 2.24) is 20.0 Å². The first-order chi connectivity index (χ1) is 11.7. The molecule has 0 unspecified atom stereocenters. The highest BCUT2D eigenvalue weighted by molar-refractivity contribution is 5.74. The van der Waals surface area contributed by atoms with Crippen LogP contribution in [0.5, 0.6) is 0 Å². The molecule has 4 rings (SSSR count). The topological polar surface area (TPSA) is 76.9 Å². The van der Waals surface area contributed by atoms with Gasteiger partial charge in [-0.25, -0.2) is 9.78 Å². The summed E-state index contributed by atoms with van der Waals surface area (Å²) in [5.41, 5.74) is 1.72. The van der Waals surface area contributed by atoms with Crippen LogP contribution in [0, 0.1) is 0 Å². The van der Waals surface area contributed by atoms with E-state index in [1.165, 1.54) is 0 Å². The Hall–Kier alpha value is -2.12. The maximum atomic E-state index is 12.1. The smallest absolute Gasteiger partial charge is 0.315 e. The van der Waals surface area contributed by atoms with Gasteiger partial charge in [-0.2, -0.15) is 0 Å². The zero-order valence-corrected chi connectivity index (χ0v) is 13.5. The van der Waals surface area contributed by atoms with E-state index in [0.717, 1.165) is 37.0 Å². The Balaban J connectivity index is 1.25. The van der Waals surface area contributed by atoms with E-state index < -0.39 is 0 Å². The van der Waals surface area contributed by atoms with Crippen molar-refractivity contribution in [3.8, 4) is 0 Å². The molecule has 128 valence electrons. The number of imidazole rings is 1. The standard InChI is InChI=1S/C17H22N4O3/c22-16(18-11-14-12-21-8-2-1-3-15(21)19-14)20-13-4-6-17(7-5-13)23-9-10-24-17/h1-3,8,12-13H,4-7,9-11H2,(H2,18,20,22). The molecule has 1 saturated carbocycles. The summed E-state index contributed by atoms with van der Waals surface area (Å²) in [6.45, 7) is 1.77. The van der Waals surface area contributed by atoms with Crippen molar-refractivity contribution in [2.75, 3.05) is 13.2 Å². The van der Waals surface area contributed by atoms with E-state index in [4.69, 9.17) is 9.47 Å². The monoisotopic (exact) mass is 330 g/mol. The second kappa shape index (κ2) is 6.41. The van der Waals surface area contributed by atoms with Crippen LogP contribution >= 0.6 is 0 Å². The van der Waals surface area contributed by atoms with Crippen LogP contribution in [0.4, 0.5) is 4.79 Å². The SMILES string of the molecule is O=C(NCc1cn2ccccc2n1)NC1CCC2(CC1)OCCO2. The number of carbonyl (C=O) groups is 1. The zero-order valence-electron chi connectivity index (χ0n) is 13.5. The van der Waals surface area contributed by atoms with E-state index in [9.17, 15) is 4.79 Å². The van der Waals surface area contributed by atoms with E-state index >= 15 is 0 Å². The molecule has 0 bridgehead atoms. The third-order valence-corrected chi connectivity index (χ3v) is 4.74. The summed E-state index contributed by atoms with van der Waals surface area (Å²) < 4.78 is 13.4. The lowest BCUT2D eigenvalue weighted by molar-refractivity contribution is -0.179. The van der Waals surface area contributed by atoms with Crippen LogP contribution in [0.3, 0.4) is 0 Å². The van der Waals surface area contributed by atoms with Gasteiger partial charge < -0.3 is 24.5 Å². The van der Waals surface area contributed by atoms with Gasteiger partial charge in [0.05, 0.1) is 25.5 Å². The highest BCUT2D eigenvalue weighted by atomic mass is 16.7. The summed E-state index contributed by atoms with van der Waals surface area (Å²) in [6.07, 6.45) is 7.30. The molecule has 1 aliphatic heterocycles. The Kier molecular flexibility index (Phi) is 4.12. The predicted octanol–water partition coefficient (Wildman–Crippen LogP) is 1.82. The summed E-state index contributed by atoms with van der Waals surface area (Å²) in [4.78, 5) is 16.6. The molecular weight excluding hydrogens is 308 g/mol. The van der Waals surface area contributed by atoms with Gasteiger partial charge in [0.25, 0.3) is 0 Å². The number of nitrogens with zero attached hydrogens (tertiary/aromatic N) is 2. The van der Waals surface area contributed by atoms with Gasteiger partial charge >= 0.3 is 6.03 Å². The molecule has 1 aliphatic carbocycles. The first-order valence-corrected chi connectivity index (χ1v) is 8.47. The lowest BCUT2D eigenvalue weighted by atomic mass is 9.90. The summed E-state index contributed by atoms with van der Waals surface area (Å²) >= 11 is 0. The number of carbonyl (C=O) groups excluding carboxylic acids is 1. The molecule has 1 saturated heterocycles. The molecule has 2 amide bonds. The quantitative estimate of drug-likeness (QED) is 0.900. The Morgan fingerprint density at radius 2 is 2.08 bits per heavy atom. The zero-order chi connectivity index (χ0) is 16.4. The van der Waals surface area contributed by atoms with Crippen molar-refractivity contribution in [2.24, 2.45) is 0 Å². The highest BCUT2D eigenvalue weighted by Crippen LogP contribution is 2.35. The first-order valence-electron chi connectivity index (χ1n) is 8.47. The van der Waals surface area contributed by atoms with Gasteiger partial charge in [-0.1, -0.05) is 6.07 Å². The number of pyridine rings is 1. The number of amides is 2. The van der Waals surface area contributed by atoms with Crippen molar-refractivity contribution >= 4 is 11.7 Å². The minimum atomic E-state index is -0.384. The minimum Gasteiger partial charge on any atom is -0.348 e. The molecule has 7 nitrogen and oxygen atoms in total. The molecule has 2 aromatic heterocycles. The van der Waals surface area contributed by atoms with Crippen molar-refractivity contribution in [1.29, 1.82) is 0 Å². The summed E-state index contributed by atoms with van der Waals surface area (Å²) in [5.74, 6) is -0.384. The van der Waals surface area contributed by atoms with Crippen LogP contribution in [-0.2, 0) is 16.0 Å². The number of nitrogens with one attached hydrogen (secondary N) is 2. The average molecular weight is 330 g/mol. The van der Waals surface area contributed by atoms with Crippen LogP contribution in [0.25, 0.3) is 5.65 Å². The molecule has 2 aromatic rings. The largest absolute Gasteiger partial charge is 0.348 e. The second-order valence-electron chi connectivity index (χ2n) is 6.41. The van der Waals surface area contributed by atoms with Crippen molar-refractivity contribution < 1.29 is 14.3 Å². The first kappa shape index (κ1) is 15.4. The second-order valence-corrected chi connectivity index (χ2v) is 6.41. The number of rotatable bonds is 3. The van der Waals surface area contributed by atoms with E-state index in [0.29, 0.717) is 19.8 Å². The fourth-order valence-corrected chi connectivity index (χ4v) is 3.47. The summed E-state index contributed by atoms with van der Waals surface area (Å²) in [6, 6.07) is 5.85. The number of ether oxygens (including phenoxy) is 2. The van der Waals surface area contributed by atoms with E-state index in [-0.39, 0.29) is 17.9 Å². The van der Waals surface area contributed by atoms with Gasteiger partial charge in [-0.05, 0) is 25.0 Å². The predicted molar refractivity (Wildman–Crippen MR) is 87.5 cm³/mol. The normalized spacial score (nSPS) is 20.5. The van der Waals surface area contributed by atoms with E-state index in [2.05, 4.69) is 15.6 Å². The Morgan fingerprint density at radius 3 is 2.83 bits per heavy atom. The van der Waals surface area contributed by atoms with E-state index in [1.807, 2.05) is 35.0 Å². The molecule has 0 atom stereocenters. The molecule has 7 heteroatoms. The van der Waals surface area contributed by atoms with Crippen LogP contribution < -0.4 is 10.6 Å². The van der Waals surface area contributed by atoms with Gasteiger partial charge in [-0.15, -0.1) is 0 Å². The lowest BCUT2D eigenvalue weighted by Gasteiger charge is -2.35. The fraction of sp³-hybridized carbons (Fsp3) is 0.529. The van der Waals surface area contributed by atoms with Crippen LogP contribution in [0.1, 0.15) is 31.4 Å². The summed E-state index contributed by atoms with van der Waals surface area (Å²) in [5, 5.41) is 5.91. The number of fused-ring (bicyclic) bond motifs is 1. The van der Waals surface area contributed by atoms with Crippen molar-refractivity contribution in [3.05, 3.63) is 36.3 Å².